The Kier molecular flexibility index (Phi) is 2.96. The molecule has 1 heterocycles. The van der Waals surface area contributed by atoms with Crippen molar-refractivity contribution in [2.75, 3.05) is 6.26 Å². The van der Waals surface area contributed by atoms with Crippen LogP contribution < -0.4 is 0 Å². The standard InChI is InChI=1S/C11H10F2N2S/c1-15-11(16-2)6-10(14-15)8-4-3-7(12)5-9(8)13/h3-6H,1-2H3. The lowest BCUT2D eigenvalue weighted by atomic mass is 10.1. The summed E-state index contributed by atoms with van der Waals surface area (Å²) in [6.45, 7) is 0. The van der Waals surface area contributed by atoms with Crippen molar-refractivity contribution >= 4 is 11.8 Å². The van der Waals surface area contributed by atoms with Crippen LogP contribution in [0.1, 0.15) is 0 Å². The SMILES string of the molecule is CSc1cc(-c2ccc(F)cc2F)nn1C. The molecule has 2 rings (SSSR count). The lowest BCUT2D eigenvalue weighted by Gasteiger charge is -1.98. The third-order valence-electron chi connectivity index (χ3n) is 2.25. The van der Waals surface area contributed by atoms with Crippen LogP contribution in [-0.2, 0) is 7.05 Å². The predicted molar refractivity (Wildman–Crippen MR) is 60.3 cm³/mol. The minimum atomic E-state index is -0.592. The van der Waals surface area contributed by atoms with Gasteiger partial charge in [-0.05, 0) is 24.5 Å². The zero-order valence-electron chi connectivity index (χ0n) is 8.87. The molecule has 1 aromatic carbocycles. The lowest BCUT2D eigenvalue weighted by Crippen LogP contribution is -1.92. The van der Waals surface area contributed by atoms with E-state index in [4.69, 9.17) is 0 Å². The van der Waals surface area contributed by atoms with Crippen LogP contribution in [0.5, 0.6) is 0 Å². The second-order valence-electron chi connectivity index (χ2n) is 3.32. The molecular weight excluding hydrogens is 230 g/mol. The number of halogens is 2. The lowest BCUT2D eigenvalue weighted by molar-refractivity contribution is 0.585. The highest BCUT2D eigenvalue weighted by Gasteiger charge is 2.11. The number of aryl methyl sites for hydroxylation is 1. The van der Waals surface area contributed by atoms with Gasteiger partial charge in [0.05, 0.1) is 10.7 Å². The normalized spacial score (nSPS) is 10.8. The van der Waals surface area contributed by atoms with Gasteiger partial charge in [0.15, 0.2) is 0 Å². The van der Waals surface area contributed by atoms with Crippen LogP contribution >= 0.6 is 11.8 Å². The molecule has 2 nitrogen and oxygen atoms in total. The molecule has 16 heavy (non-hydrogen) atoms. The summed E-state index contributed by atoms with van der Waals surface area (Å²) in [7, 11) is 1.79. The number of aromatic nitrogens is 2. The van der Waals surface area contributed by atoms with Crippen molar-refractivity contribution in [2.24, 2.45) is 7.05 Å². The average molecular weight is 240 g/mol. The van der Waals surface area contributed by atoms with Crippen LogP contribution in [0.3, 0.4) is 0 Å². The number of rotatable bonds is 2. The Morgan fingerprint density at radius 3 is 2.56 bits per heavy atom. The molecular formula is C11H10F2N2S. The molecule has 0 fully saturated rings. The molecule has 0 aliphatic heterocycles. The zero-order valence-corrected chi connectivity index (χ0v) is 9.68. The largest absolute Gasteiger partial charge is 0.262 e. The number of hydrogen-bond donors (Lipinski definition) is 0. The first-order chi connectivity index (χ1) is 7.61. The van der Waals surface area contributed by atoms with Gasteiger partial charge in [-0.25, -0.2) is 8.78 Å². The van der Waals surface area contributed by atoms with Gasteiger partial charge >= 0.3 is 0 Å². The van der Waals surface area contributed by atoms with E-state index < -0.39 is 11.6 Å². The van der Waals surface area contributed by atoms with Crippen LogP contribution in [0.4, 0.5) is 8.78 Å². The molecule has 0 bridgehead atoms. The predicted octanol–water partition coefficient (Wildman–Crippen LogP) is 3.09. The van der Waals surface area contributed by atoms with Crippen molar-refractivity contribution in [1.29, 1.82) is 0 Å². The Hall–Kier alpha value is -1.36. The summed E-state index contributed by atoms with van der Waals surface area (Å²) < 4.78 is 27.9. The highest BCUT2D eigenvalue weighted by atomic mass is 32.2. The maximum absolute atomic E-state index is 13.5. The van der Waals surface area contributed by atoms with Gasteiger partial charge < -0.3 is 0 Å². The molecule has 0 radical (unpaired) electrons. The fourth-order valence-corrected chi connectivity index (χ4v) is 2.00. The Balaban J connectivity index is 2.50. The molecule has 0 unspecified atom stereocenters. The summed E-state index contributed by atoms with van der Waals surface area (Å²) >= 11 is 1.52. The Labute approximate surface area is 96.3 Å². The first-order valence-electron chi connectivity index (χ1n) is 4.65. The first-order valence-corrected chi connectivity index (χ1v) is 5.87. The topological polar surface area (TPSA) is 17.8 Å². The van der Waals surface area contributed by atoms with Gasteiger partial charge in [0.1, 0.15) is 11.6 Å². The van der Waals surface area contributed by atoms with E-state index >= 15 is 0 Å². The molecule has 0 aliphatic carbocycles. The van der Waals surface area contributed by atoms with E-state index in [2.05, 4.69) is 5.10 Å². The van der Waals surface area contributed by atoms with Gasteiger partial charge in [-0.3, -0.25) is 4.68 Å². The average Bonchev–Trinajstić information content (AvgIpc) is 2.59. The van der Waals surface area contributed by atoms with E-state index in [1.807, 2.05) is 6.26 Å². The summed E-state index contributed by atoms with van der Waals surface area (Å²) in [5.74, 6) is -1.17. The summed E-state index contributed by atoms with van der Waals surface area (Å²) in [6.07, 6.45) is 1.92. The molecule has 0 amide bonds. The first kappa shape index (κ1) is 11.1. The third kappa shape index (κ3) is 1.95. The van der Waals surface area contributed by atoms with E-state index in [1.165, 1.54) is 23.9 Å². The molecule has 0 saturated carbocycles. The summed E-state index contributed by atoms with van der Waals surface area (Å²) in [5.41, 5.74) is 0.835. The van der Waals surface area contributed by atoms with Gasteiger partial charge in [-0.15, -0.1) is 11.8 Å². The van der Waals surface area contributed by atoms with Gasteiger partial charge in [0.2, 0.25) is 0 Å². The molecule has 84 valence electrons. The van der Waals surface area contributed by atoms with E-state index in [0.29, 0.717) is 11.3 Å². The van der Waals surface area contributed by atoms with E-state index in [1.54, 1.807) is 17.8 Å². The number of thioether (sulfide) groups is 1. The van der Waals surface area contributed by atoms with E-state index in [0.717, 1.165) is 11.1 Å². The van der Waals surface area contributed by atoms with Crippen LogP contribution in [0.2, 0.25) is 0 Å². The number of nitrogens with zero attached hydrogens (tertiary/aromatic N) is 2. The monoisotopic (exact) mass is 240 g/mol. The van der Waals surface area contributed by atoms with Crippen molar-refractivity contribution in [1.82, 2.24) is 9.78 Å². The van der Waals surface area contributed by atoms with Gasteiger partial charge in [-0.1, -0.05) is 0 Å². The van der Waals surface area contributed by atoms with Gasteiger partial charge in [0.25, 0.3) is 0 Å². The second-order valence-corrected chi connectivity index (χ2v) is 4.15. The van der Waals surface area contributed by atoms with Crippen LogP contribution in [0.25, 0.3) is 11.3 Å². The Morgan fingerprint density at radius 1 is 1.25 bits per heavy atom. The fourth-order valence-electron chi connectivity index (χ4n) is 1.47. The zero-order chi connectivity index (χ0) is 11.7. The Bertz CT molecular complexity index is 523. The number of benzene rings is 1. The van der Waals surface area contributed by atoms with Crippen molar-refractivity contribution in [3.05, 3.63) is 35.9 Å². The van der Waals surface area contributed by atoms with Gasteiger partial charge in [-0.2, -0.15) is 5.10 Å². The van der Waals surface area contributed by atoms with Crippen molar-refractivity contribution in [3.8, 4) is 11.3 Å². The second kappa shape index (κ2) is 4.25. The van der Waals surface area contributed by atoms with Crippen molar-refractivity contribution in [2.45, 2.75) is 5.03 Å². The van der Waals surface area contributed by atoms with Crippen LogP contribution in [-0.4, -0.2) is 16.0 Å². The molecule has 0 N–H and O–H groups in total. The molecule has 0 saturated heterocycles. The van der Waals surface area contributed by atoms with Crippen LogP contribution in [0, 0.1) is 11.6 Å². The Morgan fingerprint density at radius 2 is 2.00 bits per heavy atom. The fraction of sp³-hybridized carbons (Fsp3) is 0.182. The molecule has 0 spiro atoms. The highest BCUT2D eigenvalue weighted by Crippen LogP contribution is 2.25. The van der Waals surface area contributed by atoms with E-state index in [9.17, 15) is 8.78 Å². The van der Waals surface area contributed by atoms with Crippen molar-refractivity contribution in [3.63, 3.8) is 0 Å². The molecule has 0 atom stereocenters. The maximum Gasteiger partial charge on any atom is 0.135 e. The van der Waals surface area contributed by atoms with Crippen LogP contribution in [0.15, 0.2) is 29.3 Å². The molecule has 0 aliphatic rings. The smallest absolute Gasteiger partial charge is 0.135 e. The third-order valence-corrected chi connectivity index (χ3v) is 3.05. The quantitative estimate of drug-likeness (QED) is 0.751. The number of hydrogen-bond acceptors (Lipinski definition) is 2. The maximum atomic E-state index is 13.5. The van der Waals surface area contributed by atoms with Crippen molar-refractivity contribution < 1.29 is 8.78 Å². The molecule has 1 aromatic heterocycles. The molecule has 2 aromatic rings. The summed E-state index contributed by atoms with van der Waals surface area (Å²) in [5, 5.41) is 5.10. The highest BCUT2D eigenvalue weighted by molar-refractivity contribution is 7.98. The minimum absolute atomic E-state index is 0.317. The summed E-state index contributed by atoms with van der Waals surface area (Å²) in [6, 6.07) is 5.27. The van der Waals surface area contributed by atoms with E-state index in [-0.39, 0.29) is 0 Å². The summed E-state index contributed by atoms with van der Waals surface area (Å²) in [4.78, 5) is 0. The minimum Gasteiger partial charge on any atom is -0.262 e. The molecule has 5 heteroatoms. The van der Waals surface area contributed by atoms with Gasteiger partial charge in [0, 0.05) is 18.7 Å².